The first kappa shape index (κ1) is 18.8. The van der Waals surface area contributed by atoms with Crippen LogP contribution in [0.4, 0.5) is 11.4 Å². The maximum absolute atomic E-state index is 11.0. The third-order valence-electron chi connectivity index (χ3n) is 3.44. The lowest BCUT2D eigenvalue weighted by molar-refractivity contribution is -0.384. The predicted octanol–water partition coefficient (Wildman–Crippen LogP) is 5.12. The molecule has 0 aliphatic rings. The summed E-state index contributed by atoms with van der Waals surface area (Å²) in [7, 11) is 0. The molecule has 0 aliphatic heterocycles. The number of thiazole rings is 1. The van der Waals surface area contributed by atoms with Crippen molar-refractivity contribution >= 4 is 39.7 Å². The van der Waals surface area contributed by atoms with E-state index in [-0.39, 0.29) is 27.6 Å². The minimum atomic E-state index is -0.386. The molecule has 0 radical (unpaired) electrons. The molecule has 0 aliphatic carbocycles. The van der Waals surface area contributed by atoms with Crippen LogP contribution in [0.25, 0.3) is 11.3 Å². The number of nitrogens with zero attached hydrogens (tertiary/aromatic N) is 3. The van der Waals surface area contributed by atoms with Crippen LogP contribution in [0.5, 0.6) is 0 Å². The second-order valence-electron chi connectivity index (χ2n) is 5.06. The molecule has 128 valence electrons. The van der Waals surface area contributed by atoms with Crippen molar-refractivity contribution in [3.05, 3.63) is 87.5 Å². The van der Waals surface area contributed by atoms with E-state index in [1.54, 1.807) is 18.2 Å². The first-order chi connectivity index (χ1) is 11.7. The summed E-state index contributed by atoms with van der Waals surface area (Å²) in [4.78, 5) is 16.1. The van der Waals surface area contributed by atoms with Gasteiger partial charge in [0.1, 0.15) is 0 Å². The van der Waals surface area contributed by atoms with Gasteiger partial charge in [-0.05, 0) is 12.1 Å². The van der Waals surface area contributed by atoms with Gasteiger partial charge in [-0.15, -0.1) is 34.9 Å². The zero-order valence-corrected chi connectivity index (χ0v) is 15.8. The lowest BCUT2D eigenvalue weighted by atomic mass is 10.1. The molecule has 0 spiro atoms. The van der Waals surface area contributed by atoms with Crippen LogP contribution >= 0.6 is 28.3 Å². The molecule has 0 saturated heterocycles. The van der Waals surface area contributed by atoms with E-state index in [9.17, 15) is 10.1 Å². The first-order valence-electron chi connectivity index (χ1n) is 7.33. The number of halogens is 1. The fraction of sp³-hybridized carbons (Fsp3) is 0.0556. The maximum Gasteiger partial charge on any atom is 0.270 e. The van der Waals surface area contributed by atoms with E-state index in [1.807, 2.05) is 46.3 Å². The molecule has 3 aromatic rings. The smallest absolute Gasteiger partial charge is 0.270 e. The summed E-state index contributed by atoms with van der Waals surface area (Å²) < 4.78 is 2.00. The van der Waals surface area contributed by atoms with Gasteiger partial charge in [0.2, 0.25) is 0 Å². The van der Waals surface area contributed by atoms with Crippen LogP contribution in [-0.4, -0.2) is 9.49 Å². The van der Waals surface area contributed by atoms with Crippen molar-refractivity contribution in [3.8, 4) is 11.3 Å². The van der Waals surface area contributed by atoms with Gasteiger partial charge in [-0.1, -0.05) is 36.4 Å². The summed E-state index contributed by atoms with van der Waals surface area (Å²) in [6, 6.07) is 16.3. The van der Waals surface area contributed by atoms with Crippen LogP contribution in [0.15, 0.2) is 77.6 Å². The Balaban J connectivity index is 0.00000225. The molecule has 25 heavy (non-hydrogen) atoms. The molecule has 0 unspecified atom stereocenters. The van der Waals surface area contributed by atoms with Gasteiger partial charge in [0.15, 0.2) is 4.80 Å². The highest BCUT2D eigenvalue weighted by atomic mass is 79.9. The van der Waals surface area contributed by atoms with E-state index in [4.69, 9.17) is 0 Å². The van der Waals surface area contributed by atoms with Crippen molar-refractivity contribution in [1.29, 1.82) is 0 Å². The fourth-order valence-corrected chi connectivity index (χ4v) is 3.29. The average molecular weight is 418 g/mol. The Bertz CT molecular complexity index is 948. The van der Waals surface area contributed by atoms with E-state index in [1.165, 1.54) is 17.4 Å². The number of allylic oxidation sites excluding steroid dienone is 1. The van der Waals surface area contributed by atoms with Crippen molar-refractivity contribution < 1.29 is 4.92 Å². The number of rotatable bonds is 5. The van der Waals surface area contributed by atoms with Gasteiger partial charge < -0.3 is 4.57 Å². The number of non-ortho nitro benzene ring substituents is 1. The Labute approximate surface area is 159 Å². The molecule has 0 saturated carbocycles. The summed E-state index contributed by atoms with van der Waals surface area (Å²) in [5, 5.41) is 13.0. The number of aromatic nitrogens is 1. The van der Waals surface area contributed by atoms with Crippen LogP contribution in [-0.2, 0) is 6.54 Å². The monoisotopic (exact) mass is 417 g/mol. The number of nitro groups is 1. The largest absolute Gasteiger partial charge is 0.313 e. The van der Waals surface area contributed by atoms with Crippen LogP contribution in [0.3, 0.4) is 0 Å². The first-order valence-corrected chi connectivity index (χ1v) is 8.21. The van der Waals surface area contributed by atoms with Crippen molar-refractivity contribution in [2.24, 2.45) is 4.99 Å². The van der Waals surface area contributed by atoms with Crippen LogP contribution in [0.2, 0.25) is 0 Å². The molecular weight excluding hydrogens is 402 g/mol. The normalized spacial score (nSPS) is 11.0. The highest BCUT2D eigenvalue weighted by Crippen LogP contribution is 2.24. The molecular formula is C18H16BrN3O2S. The molecule has 0 amide bonds. The second kappa shape index (κ2) is 8.55. The Morgan fingerprint density at radius 1 is 1.20 bits per heavy atom. The molecule has 7 heteroatoms. The Morgan fingerprint density at radius 3 is 2.64 bits per heavy atom. The predicted molar refractivity (Wildman–Crippen MR) is 107 cm³/mol. The molecule has 0 bridgehead atoms. The molecule has 3 rings (SSSR count). The minimum Gasteiger partial charge on any atom is -0.313 e. The lowest BCUT2D eigenvalue weighted by Gasteiger charge is -2.06. The second-order valence-corrected chi connectivity index (χ2v) is 5.89. The van der Waals surface area contributed by atoms with Crippen LogP contribution in [0.1, 0.15) is 0 Å². The number of benzene rings is 2. The summed E-state index contributed by atoms with van der Waals surface area (Å²) in [5.41, 5.74) is 2.61. The van der Waals surface area contributed by atoms with Crippen molar-refractivity contribution in [2.75, 3.05) is 0 Å². The van der Waals surface area contributed by atoms with E-state index >= 15 is 0 Å². The molecule has 0 fully saturated rings. The summed E-state index contributed by atoms with van der Waals surface area (Å²) >= 11 is 1.50. The molecule has 1 aromatic heterocycles. The van der Waals surface area contributed by atoms with Gasteiger partial charge in [-0.25, -0.2) is 4.99 Å². The fourth-order valence-electron chi connectivity index (χ4n) is 2.35. The van der Waals surface area contributed by atoms with E-state index in [0.717, 1.165) is 21.7 Å². The van der Waals surface area contributed by atoms with Crippen LogP contribution in [0, 0.1) is 10.1 Å². The number of para-hydroxylation sites is 1. The number of hydrogen-bond donors (Lipinski definition) is 0. The summed E-state index contributed by atoms with van der Waals surface area (Å²) in [6.07, 6.45) is 1.79. The molecule has 5 nitrogen and oxygen atoms in total. The number of hydrogen-bond acceptors (Lipinski definition) is 4. The Hall–Kier alpha value is -2.51. The van der Waals surface area contributed by atoms with Gasteiger partial charge >= 0.3 is 0 Å². The van der Waals surface area contributed by atoms with Crippen LogP contribution < -0.4 is 4.80 Å². The average Bonchev–Trinajstić information content (AvgIpc) is 2.99. The lowest BCUT2D eigenvalue weighted by Crippen LogP contribution is -2.14. The Kier molecular flexibility index (Phi) is 6.44. The van der Waals surface area contributed by atoms with E-state index < -0.39 is 0 Å². The van der Waals surface area contributed by atoms with E-state index in [0.29, 0.717) is 6.54 Å². The molecule has 0 N–H and O–H groups in total. The van der Waals surface area contributed by atoms with Gasteiger partial charge in [0.05, 0.1) is 16.3 Å². The van der Waals surface area contributed by atoms with Crippen molar-refractivity contribution in [1.82, 2.24) is 4.57 Å². The zero-order chi connectivity index (χ0) is 16.9. The third-order valence-corrected chi connectivity index (χ3v) is 4.31. The quantitative estimate of drug-likeness (QED) is 0.328. The molecule has 0 atom stereocenters. The summed E-state index contributed by atoms with van der Waals surface area (Å²) in [5.74, 6) is 0. The van der Waals surface area contributed by atoms with Crippen molar-refractivity contribution in [2.45, 2.75) is 6.54 Å². The summed E-state index contributed by atoms with van der Waals surface area (Å²) in [6.45, 7) is 4.37. The zero-order valence-electron chi connectivity index (χ0n) is 13.2. The maximum atomic E-state index is 11.0. The van der Waals surface area contributed by atoms with E-state index in [2.05, 4.69) is 11.6 Å². The van der Waals surface area contributed by atoms with Crippen molar-refractivity contribution in [3.63, 3.8) is 0 Å². The standard InChI is InChI=1S/C18H15N3O2S.BrH/c1-2-11-20-17(14-7-6-10-16(12-14)21(22)23)13-24-18(20)19-15-8-4-3-5-9-15;/h2-10,12-13H,1,11H2;1H. The Morgan fingerprint density at radius 2 is 1.96 bits per heavy atom. The highest BCUT2D eigenvalue weighted by molar-refractivity contribution is 8.93. The van der Waals surface area contributed by atoms with Gasteiger partial charge in [0.25, 0.3) is 5.69 Å². The minimum absolute atomic E-state index is 0. The number of nitro benzene ring substituents is 1. The topological polar surface area (TPSA) is 60.4 Å². The van der Waals surface area contributed by atoms with Gasteiger partial charge in [-0.2, -0.15) is 0 Å². The van der Waals surface area contributed by atoms with Gasteiger partial charge in [0, 0.05) is 29.6 Å². The SMILES string of the molecule is Br.C=CCn1c(-c2cccc([N+](=O)[O-])c2)csc1=Nc1ccccc1. The van der Waals surface area contributed by atoms with Gasteiger partial charge in [-0.3, -0.25) is 10.1 Å². The third kappa shape index (κ3) is 4.32. The highest BCUT2D eigenvalue weighted by Gasteiger charge is 2.11. The molecule has 2 aromatic carbocycles. The molecule has 1 heterocycles.